The number of aromatic nitrogens is 2. The highest BCUT2D eigenvalue weighted by molar-refractivity contribution is 5.33. The Kier molecular flexibility index (Phi) is 1.96. The molecule has 0 amide bonds. The van der Waals surface area contributed by atoms with Crippen molar-refractivity contribution in [1.82, 2.24) is 9.97 Å². The maximum absolute atomic E-state index is 5.48. The van der Waals surface area contributed by atoms with Crippen molar-refractivity contribution < 1.29 is 4.74 Å². The number of nitrogens with zero attached hydrogens (tertiary/aromatic N) is 2. The molecule has 3 heteroatoms. The Morgan fingerprint density at radius 1 is 0.933 bits per heavy atom. The van der Waals surface area contributed by atoms with E-state index < -0.39 is 0 Å². The zero-order valence-electron chi connectivity index (χ0n) is 8.00. The Labute approximate surface area is 87.8 Å². The summed E-state index contributed by atoms with van der Waals surface area (Å²) in [5, 5.41) is 0. The van der Waals surface area contributed by atoms with Gasteiger partial charge in [-0.25, -0.2) is 0 Å². The monoisotopic (exact) mass is 197 g/mol. The van der Waals surface area contributed by atoms with Gasteiger partial charge in [-0.2, -0.15) is 0 Å². The molecule has 3 nitrogen and oxygen atoms in total. The zero-order chi connectivity index (χ0) is 10.1. The lowest BCUT2D eigenvalue weighted by Gasteiger charge is -1.93. The van der Waals surface area contributed by atoms with E-state index in [9.17, 15) is 0 Å². The lowest BCUT2D eigenvalue weighted by atomic mass is 10.1. The highest BCUT2D eigenvalue weighted by Crippen LogP contribution is 2.48. The van der Waals surface area contributed by atoms with Gasteiger partial charge in [-0.3, -0.25) is 9.97 Å². The molecule has 0 spiro atoms. The normalized spacial score (nSPS) is 20.1. The van der Waals surface area contributed by atoms with Crippen LogP contribution in [0.3, 0.4) is 0 Å². The van der Waals surface area contributed by atoms with Gasteiger partial charge in [-0.05, 0) is 24.3 Å². The van der Waals surface area contributed by atoms with Gasteiger partial charge in [0.15, 0.2) is 6.10 Å². The third kappa shape index (κ3) is 1.62. The molecule has 3 heterocycles. The molecule has 73 valence electrons. The summed E-state index contributed by atoms with van der Waals surface area (Å²) in [6.07, 6.45) is 4.45. The molecule has 1 radical (unpaired) electrons. The van der Waals surface area contributed by atoms with Gasteiger partial charge in [-0.15, -0.1) is 0 Å². The van der Waals surface area contributed by atoms with Crippen LogP contribution in [0.15, 0.2) is 48.8 Å². The van der Waals surface area contributed by atoms with Crippen LogP contribution in [0.25, 0.3) is 0 Å². The molecule has 2 aromatic heterocycles. The fourth-order valence-corrected chi connectivity index (χ4v) is 1.52. The highest BCUT2D eigenvalue weighted by atomic mass is 16.6. The zero-order valence-corrected chi connectivity index (χ0v) is 8.00. The van der Waals surface area contributed by atoms with Crippen molar-refractivity contribution in [1.29, 1.82) is 0 Å². The van der Waals surface area contributed by atoms with E-state index in [-0.39, 0.29) is 6.10 Å². The van der Waals surface area contributed by atoms with E-state index in [2.05, 4.69) is 9.97 Å². The molecule has 2 aromatic rings. The minimum atomic E-state index is 0.00102. The van der Waals surface area contributed by atoms with Gasteiger partial charge < -0.3 is 4.74 Å². The lowest BCUT2D eigenvalue weighted by molar-refractivity contribution is 0.415. The standard InChI is InChI=1S/C12H9N2O/c1-3-7-13-9(5-1)11-12(15-11)10-6-2-4-8-14-10/h1-8,11H. The van der Waals surface area contributed by atoms with Crippen LogP contribution in [0.4, 0.5) is 0 Å². The van der Waals surface area contributed by atoms with Crippen molar-refractivity contribution in [3.05, 3.63) is 66.3 Å². The minimum absolute atomic E-state index is 0.00102. The number of hydrogen-bond acceptors (Lipinski definition) is 3. The van der Waals surface area contributed by atoms with E-state index in [4.69, 9.17) is 4.74 Å². The van der Waals surface area contributed by atoms with E-state index >= 15 is 0 Å². The van der Waals surface area contributed by atoms with Crippen molar-refractivity contribution in [2.24, 2.45) is 0 Å². The molecular weight excluding hydrogens is 188 g/mol. The van der Waals surface area contributed by atoms with E-state index in [0.717, 1.165) is 17.5 Å². The number of hydrogen-bond donors (Lipinski definition) is 0. The Balaban J connectivity index is 1.81. The van der Waals surface area contributed by atoms with Gasteiger partial charge in [-0.1, -0.05) is 12.1 Å². The highest BCUT2D eigenvalue weighted by Gasteiger charge is 2.45. The second-order valence-electron chi connectivity index (χ2n) is 3.33. The van der Waals surface area contributed by atoms with Crippen LogP contribution in [-0.2, 0) is 4.74 Å². The summed E-state index contributed by atoms with van der Waals surface area (Å²) in [5.74, 6) is 0. The number of rotatable bonds is 2. The largest absolute Gasteiger partial charge is 0.349 e. The Hall–Kier alpha value is -1.74. The Morgan fingerprint density at radius 2 is 1.73 bits per heavy atom. The van der Waals surface area contributed by atoms with Gasteiger partial charge in [0.05, 0.1) is 11.4 Å². The summed E-state index contributed by atoms with van der Waals surface area (Å²) in [4.78, 5) is 8.47. The van der Waals surface area contributed by atoms with Gasteiger partial charge in [0.1, 0.15) is 6.10 Å². The first-order valence-electron chi connectivity index (χ1n) is 4.81. The van der Waals surface area contributed by atoms with Gasteiger partial charge in [0.25, 0.3) is 0 Å². The summed E-state index contributed by atoms with van der Waals surface area (Å²) in [7, 11) is 0. The molecule has 1 atom stereocenters. The van der Waals surface area contributed by atoms with E-state index in [1.54, 1.807) is 12.4 Å². The number of pyridine rings is 2. The first kappa shape index (κ1) is 8.56. The van der Waals surface area contributed by atoms with Crippen LogP contribution >= 0.6 is 0 Å². The predicted molar refractivity (Wildman–Crippen MR) is 54.6 cm³/mol. The quantitative estimate of drug-likeness (QED) is 0.692. The van der Waals surface area contributed by atoms with E-state index in [1.807, 2.05) is 36.4 Å². The van der Waals surface area contributed by atoms with Crippen molar-refractivity contribution in [3.63, 3.8) is 0 Å². The Morgan fingerprint density at radius 3 is 2.40 bits per heavy atom. The molecule has 0 aliphatic carbocycles. The van der Waals surface area contributed by atoms with Gasteiger partial charge >= 0.3 is 0 Å². The molecule has 1 aliphatic heterocycles. The topological polar surface area (TPSA) is 38.3 Å². The summed E-state index contributed by atoms with van der Waals surface area (Å²) in [6, 6.07) is 11.6. The molecule has 0 aromatic carbocycles. The molecule has 15 heavy (non-hydrogen) atoms. The predicted octanol–water partition coefficient (Wildman–Crippen LogP) is 2.13. The van der Waals surface area contributed by atoms with E-state index in [1.165, 1.54) is 0 Å². The van der Waals surface area contributed by atoms with Crippen molar-refractivity contribution >= 4 is 0 Å². The minimum Gasteiger partial charge on any atom is -0.349 e. The average Bonchev–Trinajstić information content (AvgIpc) is 3.11. The van der Waals surface area contributed by atoms with E-state index in [0.29, 0.717) is 0 Å². The first-order valence-corrected chi connectivity index (χ1v) is 4.81. The summed E-state index contributed by atoms with van der Waals surface area (Å²) < 4.78 is 5.48. The second kappa shape index (κ2) is 3.44. The Bertz CT molecular complexity index is 400. The first-order chi connectivity index (χ1) is 7.45. The van der Waals surface area contributed by atoms with Crippen LogP contribution in [0.2, 0.25) is 0 Å². The van der Waals surface area contributed by atoms with Crippen molar-refractivity contribution in [2.45, 2.75) is 6.10 Å². The van der Waals surface area contributed by atoms with Crippen LogP contribution in [0.5, 0.6) is 0 Å². The molecule has 1 unspecified atom stereocenters. The van der Waals surface area contributed by atoms with Crippen molar-refractivity contribution in [2.75, 3.05) is 0 Å². The smallest absolute Gasteiger partial charge is 0.180 e. The second-order valence-corrected chi connectivity index (χ2v) is 3.33. The molecule has 1 saturated heterocycles. The lowest BCUT2D eigenvalue weighted by Crippen LogP contribution is -1.89. The molecule has 3 rings (SSSR count). The van der Waals surface area contributed by atoms with Crippen LogP contribution in [0, 0.1) is 6.10 Å². The van der Waals surface area contributed by atoms with Crippen LogP contribution < -0.4 is 0 Å². The fourth-order valence-electron chi connectivity index (χ4n) is 1.52. The average molecular weight is 197 g/mol. The summed E-state index contributed by atoms with van der Waals surface area (Å²) in [5.41, 5.74) is 1.84. The third-order valence-corrected chi connectivity index (χ3v) is 2.30. The van der Waals surface area contributed by atoms with Crippen LogP contribution in [-0.4, -0.2) is 9.97 Å². The maximum atomic E-state index is 5.48. The van der Waals surface area contributed by atoms with Crippen molar-refractivity contribution in [3.8, 4) is 0 Å². The maximum Gasteiger partial charge on any atom is 0.180 e. The number of ether oxygens (including phenoxy) is 1. The molecule has 1 aliphatic rings. The molecule has 0 saturated carbocycles. The molecular formula is C12H9N2O. The SMILES string of the molecule is c1ccc([C]2OC2c2ccccn2)nc1. The molecule has 0 N–H and O–H groups in total. The summed E-state index contributed by atoms with van der Waals surface area (Å²) in [6.45, 7) is 0. The summed E-state index contributed by atoms with van der Waals surface area (Å²) >= 11 is 0. The molecule has 0 bridgehead atoms. The third-order valence-electron chi connectivity index (χ3n) is 2.30. The molecule has 1 fully saturated rings. The van der Waals surface area contributed by atoms with Gasteiger partial charge in [0, 0.05) is 12.4 Å². The fraction of sp³-hybridized carbons (Fsp3) is 0.0833. The van der Waals surface area contributed by atoms with Gasteiger partial charge in [0.2, 0.25) is 0 Å². The number of epoxide rings is 1. The van der Waals surface area contributed by atoms with Crippen LogP contribution in [0.1, 0.15) is 17.5 Å².